The Morgan fingerprint density at radius 3 is 2.82 bits per heavy atom. The number of likely N-dealkylation sites (tertiary alicyclic amines) is 1. The first kappa shape index (κ1) is 15.0. The number of hydrogen-bond acceptors (Lipinski definition) is 5. The summed E-state index contributed by atoms with van der Waals surface area (Å²) in [6, 6.07) is 2.03. The summed E-state index contributed by atoms with van der Waals surface area (Å²) in [6.45, 7) is 7.71. The molecule has 1 aliphatic heterocycles. The van der Waals surface area contributed by atoms with E-state index in [1.807, 2.05) is 6.07 Å². The van der Waals surface area contributed by atoms with Crippen molar-refractivity contribution >= 4 is 11.6 Å². The van der Waals surface area contributed by atoms with E-state index in [2.05, 4.69) is 21.9 Å². The van der Waals surface area contributed by atoms with Gasteiger partial charge >= 0.3 is 5.97 Å². The summed E-state index contributed by atoms with van der Waals surface area (Å²) in [5.74, 6) is 0.126. The van der Waals surface area contributed by atoms with E-state index in [4.69, 9.17) is 4.74 Å². The number of fused-ring (bicyclic) bond motifs is 1. The Balaban J connectivity index is 1.79. The molecule has 0 aliphatic carbocycles. The minimum Gasteiger partial charge on any atom is -0.462 e. The molecule has 6 heteroatoms. The molecule has 0 radical (unpaired) electrons. The fourth-order valence-corrected chi connectivity index (χ4v) is 2.96. The lowest BCUT2D eigenvalue weighted by Crippen LogP contribution is -2.32. The van der Waals surface area contributed by atoms with Crippen molar-refractivity contribution in [2.24, 2.45) is 0 Å². The molecule has 3 heterocycles. The van der Waals surface area contributed by atoms with Crippen LogP contribution in [-0.4, -0.2) is 51.7 Å². The predicted molar refractivity (Wildman–Crippen MR) is 83.0 cm³/mol. The number of piperidine rings is 1. The van der Waals surface area contributed by atoms with Gasteiger partial charge in [0.1, 0.15) is 0 Å². The van der Waals surface area contributed by atoms with Crippen molar-refractivity contribution in [1.29, 1.82) is 0 Å². The molecule has 0 atom stereocenters. The lowest BCUT2D eigenvalue weighted by atomic mass is 9.94. The zero-order chi connectivity index (χ0) is 15.5. The van der Waals surface area contributed by atoms with Crippen LogP contribution in [-0.2, 0) is 4.74 Å². The first-order valence-corrected chi connectivity index (χ1v) is 7.96. The van der Waals surface area contributed by atoms with Crippen molar-refractivity contribution in [2.45, 2.75) is 32.6 Å². The highest BCUT2D eigenvalue weighted by atomic mass is 16.5. The molecule has 3 rings (SSSR count). The molecule has 1 aliphatic rings. The summed E-state index contributed by atoms with van der Waals surface area (Å²) in [5, 5.41) is 4.62. The van der Waals surface area contributed by atoms with Crippen molar-refractivity contribution in [1.82, 2.24) is 19.5 Å². The maximum atomic E-state index is 11.8. The summed E-state index contributed by atoms with van der Waals surface area (Å²) in [7, 11) is 0. The van der Waals surface area contributed by atoms with Gasteiger partial charge in [0.25, 0.3) is 0 Å². The summed E-state index contributed by atoms with van der Waals surface area (Å²) in [4.78, 5) is 18.5. The number of hydrogen-bond donors (Lipinski definition) is 0. The average Bonchev–Trinajstić information content (AvgIpc) is 2.98. The van der Waals surface area contributed by atoms with E-state index in [1.54, 1.807) is 23.8 Å². The monoisotopic (exact) mass is 302 g/mol. The van der Waals surface area contributed by atoms with Crippen LogP contribution in [0.2, 0.25) is 0 Å². The van der Waals surface area contributed by atoms with Crippen LogP contribution >= 0.6 is 0 Å². The number of rotatable bonds is 4. The molecule has 2 aromatic heterocycles. The molecule has 1 saturated heterocycles. The summed E-state index contributed by atoms with van der Waals surface area (Å²) >= 11 is 0. The van der Waals surface area contributed by atoms with Crippen molar-refractivity contribution in [2.75, 3.05) is 26.2 Å². The summed E-state index contributed by atoms with van der Waals surface area (Å²) in [5.41, 5.74) is 2.29. The van der Waals surface area contributed by atoms with Gasteiger partial charge in [-0.15, -0.1) is 0 Å². The number of nitrogens with zero attached hydrogens (tertiary/aromatic N) is 4. The molecular weight excluding hydrogens is 280 g/mol. The van der Waals surface area contributed by atoms with E-state index in [-0.39, 0.29) is 5.97 Å². The normalized spacial score (nSPS) is 17.0. The third-order valence-corrected chi connectivity index (χ3v) is 4.30. The maximum Gasteiger partial charge on any atom is 0.341 e. The van der Waals surface area contributed by atoms with Gasteiger partial charge in [0, 0.05) is 24.4 Å². The number of esters is 1. The van der Waals surface area contributed by atoms with Gasteiger partial charge in [-0.2, -0.15) is 5.10 Å². The second-order valence-corrected chi connectivity index (χ2v) is 5.64. The quantitative estimate of drug-likeness (QED) is 0.810. The first-order valence-electron chi connectivity index (χ1n) is 7.96. The van der Waals surface area contributed by atoms with Crippen LogP contribution in [0.15, 0.2) is 18.5 Å². The summed E-state index contributed by atoms with van der Waals surface area (Å²) < 4.78 is 6.69. The van der Waals surface area contributed by atoms with Gasteiger partial charge < -0.3 is 9.64 Å². The SMILES string of the molecule is CCOC(=O)c1cnc2cc(C3CCN(CC)CC3)nn2c1. The van der Waals surface area contributed by atoms with Crippen LogP contribution in [0.4, 0.5) is 0 Å². The van der Waals surface area contributed by atoms with E-state index in [1.165, 1.54) is 0 Å². The highest BCUT2D eigenvalue weighted by molar-refractivity contribution is 5.88. The largest absolute Gasteiger partial charge is 0.462 e. The molecule has 2 aromatic rings. The zero-order valence-electron chi connectivity index (χ0n) is 13.2. The fraction of sp³-hybridized carbons (Fsp3) is 0.562. The average molecular weight is 302 g/mol. The topological polar surface area (TPSA) is 59.7 Å². The van der Waals surface area contributed by atoms with Gasteiger partial charge in [0.15, 0.2) is 5.65 Å². The van der Waals surface area contributed by atoms with Crippen LogP contribution < -0.4 is 0 Å². The molecule has 0 amide bonds. The standard InChI is InChI=1S/C16H22N4O2/c1-3-19-7-5-12(6-8-19)14-9-15-17-10-13(11-20(15)18-14)16(21)22-4-2/h9-12H,3-8H2,1-2H3. The van der Waals surface area contributed by atoms with Gasteiger partial charge in [-0.3, -0.25) is 0 Å². The molecular formula is C16H22N4O2. The highest BCUT2D eigenvalue weighted by Gasteiger charge is 2.22. The lowest BCUT2D eigenvalue weighted by molar-refractivity contribution is 0.0525. The van der Waals surface area contributed by atoms with Gasteiger partial charge in [-0.1, -0.05) is 6.92 Å². The minimum absolute atomic E-state index is 0.356. The van der Waals surface area contributed by atoms with E-state index < -0.39 is 0 Å². The number of carbonyl (C=O) groups is 1. The van der Waals surface area contributed by atoms with Crippen LogP contribution in [0.3, 0.4) is 0 Å². The molecule has 1 fully saturated rings. The van der Waals surface area contributed by atoms with Crippen molar-refractivity contribution in [3.05, 3.63) is 29.7 Å². The van der Waals surface area contributed by atoms with Gasteiger partial charge in [-0.25, -0.2) is 14.3 Å². The zero-order valence-corrected chi connectivity index (χ0v) is 13.2. The Hall–Kier alpha value is -1.95. The van der Waals surface area contributed by atoms with Crippen molar-refractivity contribution < 1.29 is 9.53 Å². The third-order valence-electron chi connectivity index (χ3n) is 4.30. The third kappa shape index (κ3) is 2.97. The van der Waals surface area contributed by atoms with Crippen molar-refractivity contribution in [3.8, 4) is 0 Å². The van der Waals surface area contributed by atoms with Crippen LogP contribution in [0.25, 0.3) is 5.65 Å². The minimum atomic E-state index is -0.356. The molecule has 0 N–H and O–H groups in total. The van der Waals surface area contributed by atoms with Crippen molar-refractivity contribution in [3.63, 3.8) is 0 Å². The Kier molecular flexibility index (Phi) is 4.38. The first-order chi connectivity index (χ1) is 10.7. The Morgan fingerprint density at radius 2 is 2.14 bits per heavy atom. The molecule has 0 spiro atoms. The Labute approximate surface area is 130 Å². The molecule has 6 nitrogen and oxygen atoms in total. The van der Waals surface area contributed by atoms with Gasteiger partial charge in [0.2, 0.25) is 0 Å². The predicted octanol–water partition coefficient (Wildman–Crippen LogP) is 2.11. The Bertz CT molecular complexity index is 659. The van der Waals surface area contributed by atoms with Crippen LogP contribution in [0.1, 0.15) is 48.7 Å². The van der Waals surface area contributed by atoms with Crippen LogP contribution in [0, 0.1) is 0 Å². The molecule has 0 saturated carbocycles. The fourth-order valence-electron chi connectivity index (χ4n) is 2.96. The van der Waals surface area contributed by atoms with E-state index in [9.17, 15) is 4.79 Å². The number of ether oxygens (including phenoxy) is 1. The van der Waals surface area contributed by atoms with E-state index >= 15 is 0 Å². The lowest BCUT2D eigenvalue weighted by Gasteiger charge is -2.29. The van der Waals surface area contributed by atoms with E-state index in [0.29, 0.717) is 18.1 Å². The number of carbonyl (C=O) groups excluding carboxylic acids is 1. The molecule has 22 heavy (non-hydrogen) atoms. The van der Waals surface area contributed by atoms with Crippen LogP contribution in [0.5, 0.6) is 0 Å². The molecule has 0 bridgehead atoms. The molecule has 0 aromatic carbocycles. The Morgan fingerprint density at radius 1 is 1.36 bits per heavy atom. The highest BCUT2D eigenvalue weighted by Crippen LogP contribution is 2.27. The number of aromatic nitrogens is 3. The van der Waals surface area contributed by atoms with Gasteiger partial charge in [0.05, 0.1) is 17.9 Å². The second kappa shape index (κ2) is 6.44. The summed E-state index contributed by atoms with van der Waals surface area (Å²) in [6.07, 6.45) is 5.51. The van der Waals surface area contributed by atoms with Gasteiger partial charge in [-0.05, 0) is 39.4 Å². The maximum absolute atomic E-state index is 11.8. The smallest absolute Gasteiger partial charge is 0.341 e. The molecule has 0 unspecified atom stereocenters. The molecule has 118 valence electrons. The van der Waals surface area contributed by atoms with E-state index in [0.717, 1.165) is 43.8 Å². The second-order valence-electron chi connectivity index (χ2n) is 5.64.